The zero-order valence-corrected chi connectivity index (χ0v) is 12.0. The van der Waals surface area contributed by atoms with Crippen LogP contribution in [0.15, 0.2) is 71.2 Å². The highest BCUT2D eigenvalue weighted by Gasteiger charge is 2.06. The lowest BCUT2D eigenvalue weighted by atomic mass is 10.2. The summed E-state index contributed by atoms with van der Waals surface area (Å²) >= 11 is 5.43. The lowest BCUT2D eigenvalue weighted by Crippen LogP contribution is -1.72. The van der Waals surface area contributed by atoms with Crippen molar-refractivity contribution in [3.63, 3.8) is 0 Å². The molecule has 1 heterocycles. The molecule has 0 aliphatic heterocycles. The van der Waals surface area contributed by atoms with Crippen molar-refractivity contribution in [2.75, 3.05) is 0 Å². The van der Waals surface area contributed by atoms with Crippen molar-refractivity contribution in [2.24, 2.45) is 0 Å². The van der Waals surface area contributed by atoms with Crippen LogP contribution < -0.4 is 0 Å². The maximum atomic E-state index is 3.61. The van der Waals surface area contributed by atoms with Gasteiger partial charge in [-0.05, 0) is 23.8 Å². The van der Waals surface area contributed by atoms with Crippen molar-refractivity contribution in [3.8, 4) is 20.9 Å². The molecule has 0 aliphatic carbocycles. The van der Waals surface area contributed by atoms with Crippen LogP contribution in [0.25, 0.3) is 20.9 Å². The molecule has 0 amide bonds. The number of hydrogen-bond donors (Lipinski definition) is 0. The van der Waals surface area contributed by atoms with Crippen molar-refractivity contribution in [3.05, 3.63) is 71.2 Å². The summed E-state index contributed by atoms with van der Waals surface area (Å²) in [5.41, 5.74) is 2.53. The van der Waals surface area contributed by atoms with E-state index in [1.165, 1.54) is 20.9 Å². The van der Waals surface area contributed by atoms with Gasteiger partial charge in [-0.1, -0.05) is 64.5 Å². The molecule has 0 saturated carbocycles. The Kier molecular flexibility index (Phi) is 3.31. The summed E-state index contributed by atoms with van der Waals surface area (Å²) < 4.78 is 1.14. The van der Waals surface area contributed by atoms with Gasteiger partial charge < -0.3 is 0 Å². The van der Waals surface area contributed by atoms with E-state index < -0.39 is 0 Å². The highest BCUT2D eigenvalue weighted by atomic mass is 79.9. The van der Waals surface area contributed by atoms with Gasteiger partial charge >= 0.3 is 0 Å². The topological polar surface area (TPSA) is 0 Å². The molecule has 0 unspecified atom stereocenters. The molecule has 0 radical (unpaired) electrons. The molecule has 2 aromatic carbocycles. The van der Waals surface area contributed by atoms with E-state index in [0.717, 1.165) is 4.47 Å². The average molecular weight is 315 g/mol. The Morgan fingerprint density at radius 3 is 2.11 bits per heavy atom. The number of halogens is 1. The van der Waals surface area contributed by atoms with E-state index in [-0.39, 0.29) is 0 Å². The van der Waals surface area contributed by atoms with E-state index in [0.29, 0.717) is 0 Å². The third-order valence-corrected chi connectivity index (χ3v) is 4.66. The fraction of sp³-hybridized carbons (Fsp3) is 0. The molecule has 0 spiro atoms. The first kappa shape index (κ1) is 11.7. The molecule has 0 fully saturated rings. The quantitative estimate of drug-likeness (QED) is 0.557. The fourth-order valence-corrected chi connectivity index (χ4v) is 3.58. The summed E-state index contributed by atoms with van der Waals surface area (Å²) in [5, 5.41) is 0. The maximum Gasteiger partial charge on any atom is 0.0360 e. The molecule has 1 aromatic heterocycles. The molecule has 0 atom stereocenters. The molecule has 3 rings (SSSR count). The highest BCUT2D eigenvalue weighted by Crippen LogP contribution is 2.37. The third-order valence-electron chi connectivity index (χ3n) is 2.80. The Balaban J connectivity index is 2.03. The summed E-state index contributed by atoms with van der Waals surface area (Å²) in [4.78, 5) is 2.60. The predicted molar refractivity (Wildman–Crippen MR) is 82.9 cm³/mol. The Bertz CT molecular complexity index is 656. The molecule has 3 aromatic rings. The van der Waals surface area contributed by atoms with E-state index in [1.54, 1.807) is 0 Å². The van der Waals surface area contributed by atoms with Crippen molar-refractivity contribution < 1.29 is 0 Å². The second-order valence-electron chi connectivity index (χ2n) is 4.01. The van der Waals surface area contributed by atoms with Gasteiger partial charge in [-0.25, -0.2) is 0 Å². The number of thiophene rings is 1. The zero-order valence-electron chi connectivity index (χ0n) is 9.64. The van der Waals surface area contributed by atoms with E-state index in [1.807, 2.05) is 23.5 Å². The number of rotatable bonds is 2. The standard InChI is InChI=1S/C16H11BrS/c17-14-9-5-4-8-13(14)16-11-10-15(18-16)12-6-2-1-3-7-12/h1-11H. The van der Waals surface area contributed by atoms with Gasteiger partial charge in [-0.15, -0.1) is 11.3 Å². The van der Waals surface area contributed by atoms with Gasteiger partial charge in [0.1, 0.15) is 0 Å². The SMILES string of the molecule is Brc1ccccc1-c1ccc(-c2ccccc2)s1. The Labute approximate surface area is 119 Å². The van der Waals surface area contributed by atoms with E-state index in [9.17, 15) is 0 Å². The zero-order chi connectivity index (χ0) is 12.4. The Morgan fingerprint density at radius 1 is 0.667 bits per heavy atom. The molecule has 0 saturated heterocycles. The molecule has 2 heteroatoms. The van der Waals surface area contributed by atoms with Crippen molar-refractivity contribution in [2.45, 2.75) is 0 Å². The monoisotopic (exact) mass is 314 g/mol. The minimum atomic E-state index is 1.14. The minimum Gasteiger partial charge on any atom is -0.135 e. The summed E-state index contributed by atoms with van der Waals surface area (Å²) in [6, 6.07) is 23.2. The predicted octanol–water partition coefficient (Wildman–Crippen LogP) is 5.84. The summed E-state index contributed by atoms with van der Waals surface area (Å²) in [6.45, 7) is 0. The van der Waals surface area contributed by atoms with Gasteiger partial charge in [-0.3, -0.25) is 0 Å². The van der Waals surface area contributed by atoms with Crippen LogP contribution >= 0.6 is 27.3 Å². The highest BCUT2D eigenvalue weighted by molar-refractivity contribution is 9.10. The molecule has 0 N–H and O–H groups in total. The van der Waals surface area contributed by atoms with Gasteiger partial charge in [-0.2, -0.15) is 0 Å². The Hall–Kier alpha value is -1.38. The van der Waals surface area contributed by atoms with Crippen molar-refractivity contribution in [1.82, 2.24) is 0 Å². The average Bonchev–Trinajstić information content (AvgIpc) is 2.90. The maximum absolute atomic E-state index is 3.61. The minimum absolute atomic E-state index is 1.14. The first-order chi connectivity index (χ1) is 8.84. The molecule has 0 aliphatic rings. The van der Waals surface area contributed by atoms with Crippen LogP contribution in [0.5, 0.6) is 0 Å². The largest absolute Gasteiger partial charge is 0.135 e. The second-order valence-corrected chi connectivity index (χ2v) is 5.95. The Morgan fingerprint density at radius 2 is 1.33 bits per heavy atom. The third kappa shape index (κ3) is 2.26. The van der Waals surface area contributed by atoms with Crippen LogP contribution in [0.3, 0.4) is 0 Å². The van der Waals surface area contributed by atoms with E-state index >= 15 is 0 Å². The second kappa shape index (κ2) is 5.09. The molecule has 88 valence electrons. The smallest absolute Gasteiger partial charge is 0.0360 e. The van der Waals surface area contributed by atoms with Crippen LogP contribution in [0.4, 0.5) is 0 Å². The first-order valence-electron chi connectivity index (χ1n) is 5.75. The molecular weight excluding hydrogens is 304 g/mol. The number of benzene rings is 2. The first-order valence-corrected chi connectivity index (χ1v) is 7.36. The van der Waals surface area contributed by atoms with Crippen molar-refractivity contribution >= 4 is 27.3 Å². The van der Waals surface area contributed by atoms with Gasteiger partial charge in [0.2, 0.25) is 0 Å². The van der Waals surface area contributed by atoms with Gasteiger partial charge in [0.25, 0.3) is 0 Å². The molecule has 18 heavy (non-hydrogen) atoms. The lowest BCUT2D eigenvalue weighted by Gasteiger charge is -2.00. The molecule has 0 nitrogen and oxygen atoms in total. The van der Waals surface area contributed by atoms with Crippen LogP contribution in [0.2, 0.25) is 0 Å². The van der Waals surface area contributed by atoms with E-state index in [4.69, 9.17) is 0 Å². The molecule has 0 bridgehead atoms. The van der Waals surface area contributed by atoms with Gasteiger partial charge in [0, 0.05) is 19.8 Å². The van der Waals surface area contributed by atoms with Crippen LogP contribution in [0.1, 0.15) is 0 Å². The summed E-state index contributed by atoms with van der Waals surface area (Å²) in [7, 11) is 0. The summed E-state index contributed by atoms with van der Waals surface area (Å²) in [5.74, 6) is 0. The van der Waals surface area contributed by atoms with Crippen LogP contribution in [0, 0.1) is 0 Å². The van der Waals surface area contributed by atoms with Crippen LogP contribution in [-0.2, 0) is 0 Å². The van der Waals surface area contributed by atoms with Gasteiger partial charge in [0.15, 0.2) is 0 Å². The fourth-order valence-electron chi connectivity index (χ4n) is 1.90. The van der Waals surface area contributed by atoms with Gasteiger partial charge in [0.05, 0.1) is 0 Å². The normalized spacial score (nSPS) is 10.5. The summed E-state index contributed by atoms with van der Waals surface area (Å²) in [6.07, 6.45) is 0. The van der Waals surface area contributed by atoms with Crippen molar-refractivity contribution in [1.29, 1.82) is 0 Å². The van der Waals surface area contributed by atoms with E-state index in [2.05, 4.69) is 70.5 Å². The van der Waals surface area contributed by atoms with Crippen LogP contribution in [-0.4, -0.2) is 0 Å². The number of hydrogen-bond acceptors (Lipinski definition) is 1. The molecular formula is C16H11BrS. The lowest BCUT2D eigenvalue weighted by molar-refractivity contribution is 1.64.